The van der Waals surface area contributed by atoms with E-state index in [9.17, 15) is 9.18 Å². The molecule has 0 bridgehead atoms. The van der Waals surface area contributed by atoms with E-state index in [0.29, 0.717) is 18.8 Å². The second kappa shape index (κ2) is 6.48. The molecule has 2 fully saturated rings. The van der Waals surface area contributed by atoms with Crippen molar-refractivity contribution in [1.29, 1.82) is 5.26 Å². The number of amides is 1. The number of carbonyl (C=O) groups is 1. The number of rotatable bonds is 3. The molecule has 3 rings (SSSR count). The highest BCUT2D eigenvalue weighted by atomic mass is 19.1. The molecular formula is C15H19FN6O. The molecule has 3 heterocycles. The van der Waals surface area contributed by atoms with Crippen LogP contribution in [-0.4, -0.2) is 41.1 Å². The lowest BCUT2D eigenvalue weighted by Gasteiger charge is -2.33. The summed E-state index contributed by atoms with van der Waals surface area (Å²) in [6.45, 7) is 1.18. The first-order valence-electron chi connectivity index (χ1n) is 7.70. The predicted molar refractivity (Wildman–Crippen MR) is 81.6 cm³/mol. The summed E-state index contributed by atoms with van der Waals surface area (Å²) in [4.78, 5) is 17.7. The number of hydrazine groups is 1. The van der Waals surface area contributed by atoms with Crippen molar-refractivity contribution >= 4 is 11.7 Å². The van der Waals surface area contributed by atoms with Crippen LogP contribution in [0.4, 0.5) is 10.2 Å². The van der Waals surface area contributed by atoms with Crippen LogP contribution < -0.4 is 16.2 Å². The first-order valence-corrected chi connectivity index (χ1v) is 7.70. The molecule has 1 amide bonds. The molecule has 0 aromatic carbocycles. The molecule has 122 valence electrons. The Morgan fingerprint density at radius 3 is 3.09 bits per heavy atom. The highest BCUT2D eigenvalue weighted by molar-refractivity contribution is 5.96. The maximum atomic E-state index is 14.8. The van der Waals surface area contributed by atoms with Crippen LogP contribution >= 0.6 is 0 Å². The van der Waals surface area contributed by atoms with E-state index in [1.165, 1.54) is 4.90 Å². The van der Waals surface area contributed by atoms with Crippen molar-refractivity contribution in [2.24, 2.45) is 0 Å². The third kappa shape index (κ3) is 3.41. The van der Waals surface area contributed by atoms with Crippen LogP contribution in [0.15, 0.2) is 18.3 Å². The molecule has 0 saturated carbocycles. The molecule has 23 heavy (non-hydrogen) atoms. The van der Waals surface area contributed by atoms with Gasteiger partial charge in [0.25, 0.3) is 5.91 Å². The number of aromatic nitrogens is 1. The number of alkyl halides is 1. The number of nitrogens with one attached hydrogen (secondary N) is 3. The van der Waals surface area contributed by atoms with Gasteiger partial charge in [-0.2, -0.15) is 5.26 Å². The average Bonchev–Trinajstić information content (AvgIpc) is 3.10. The average molecular weight is 318 g/mol. The third-order valence-corrected chi connectivity index (χ3v) is 4.26. The van der Waals surface area contributed by atoms with Gasteiger partial charge in [-0.25, -0.2) is 9.37 Å². The molecule has 0 spiro atoms. The molecule has 3 N–H and O–H groups in total. The van der Waals surface area contributed by atoms with Crippen molar-refractivity contribution in [1.82, 2.24) is 20.7 Å². The quantitative estimate of drug-likeness (QED) is 0.715. The van der Waals surface area contributed by atoms with Crippen LogP contribution in [-0.2, 0) is 4.79 Å². The maximum absolute atomic E-state index is 14.8. The number of nitriles is 1. The summed E-state index contributed by atoms with van der Waals surface area (Å²) < 4.78 is 14.8. The third-order valence-electron chi connectivity index (χ3n) is 4.26. The van der Waals surface area contributed by atoms with Gasteiger partial charge in [0.15, 0.2) is 6.19 Å². The fraction of sp³-hybridized carbons (Fsp3) is 0.533. The summed E-state index contributed by atoms with van der Waals surface area (Å²) in [5.41, 5.74) is 5.14. The van der Waals surface area contributed by atoms with E-state index in [1.54, 1.807) is 12.3 Å². The van der Waals surface area contributed by atoms with E-state index in [2.05, 4.69) is 21.2 Å². The van der Waals surface area contributed by atoms with Crippen molar-refractivity contribution in [2.45, 2.75) is 31.0 Å². The highest BCUT2D eigenvalue weighted by Gasteiger charge is 2.42. The van der Waals surface area contributed by atoms with Gasteiger partial charge in [-0.05, 0) is 30.9 Å². The Balaban J connectivity index is 1.64. The molecule has 8 heteroatoms. The number of hydrogen-bond donors (Lipinski definition) is 3. The van der Waals surface area contributed by atoms with E-state index < -0.39 is 11.6 Å². The molecule has 1 aromatic heterocycles. The summed E-state index contributed by atoms with van der Waals surface area (Å²) in [6, 6.07) is 3.73. The van der Waals surface area contributed by atoms with Gasteiger partial charge in [-0.1, -0.05) is 6.07 Å². The van der Waals surface area contributed by atoms with Crippen molar-refractivity contribution in [3.8, 4) is 6.19 Å². The lowest BCUT2D eigenvalue weighted by atomic mass is 9.94. The first kappa shape index (κ1) is 15.6. The minimum atomic E-state index is -2.05. The fourth-order valence-electron chi connectivity index (χ4n) is 2.93. The smallest absolute Gasteiger partial charge is 0.265 e. The molecule has 2 atom stereocenters. The fourth-order valence-corrected chi connectivity index (χ4v) is 2.93. The van der Waals surface area contributed by atoms with Gasteiger partial charge in [0.2, 0.25) is 5.67 Å². The summed E-state index contributed by atoms with van der Waals surface area (Å²) >= 11 is 0. The monoisotopic (exact) mass is 318 g/mol. The Bertz CT molecular complexity index is 609. The number of halogens is 1. The number of pyridine rings is 1. The molecule has 7 nitrogen and oxygen atoms in total. The summed E-state index contributed by atoms with van der Waals surface area (Å²) in [6.07, 6.45) is 5.13. The SMILES string of the molecule is N#CN1CCCC(F)(C(=O)Nc2ccc(C3CCNN3)cn2)C1. The van der Waals surface area contributed by atoms with Crippen LogP contribution in [0, 0.1) is 11.5 Å². The molecule has 2 aliphatic heterocycles. The molecule has 2 unspecified atom stereocenters. The lowest BCUT2D eigenvalue weighted by Crippen LogP contribution is -2.51. The molecular weight excluding hydrogens is 299 g/mol. The van der Waals surface area contributed by atoms with Crippen LogP contribution in [0.5, 0.6) is 0 Å². The minimum Gasteiger partial charge on any atom is -0.308 e. The molecule has 1 aromatic rings. The van der Waals surface area contributed by atoms with Gasteiger partial charge in [0.1, 0.15) is 5.82 Å². The minimum absolute atomic E-state index is 0.118. The largest absolute Gasteiger partial charge is 0.308 e. The van der Waals surface area contributed by atoms with Gasteiger partial charge >= 0.3 is 0 Å². The molecule has 2 saturated heterocycles. The molecule has 0 aliphatic carbocycles. The lowest BCUT2D eigenvalue weighted by molar-refractivity contribution is -0.130. The van der Waals surface area contributed by atoms with Gasteiger partial charge in [0.05, 0.1) is 6.54 Å². The topological polar surface area (TPSA) is 93.1 Å². The van der Waals surface area contributed by atoms with E-state index in [1.807, 2.05) is 12.3 Å². The second-order valence-electron chi connectivity index (χ2n) is 5.93. The van der Waals surface area contributed by atoms with Crippen molar-refractivity contribution in [2.75, 3.05) is 25.0 Å². The number of hydrogen-bond acceptors (Lipinski definition) is 6. The Morgan fingerprint density at radius 2 is 2.43 bits per heavy atom. The number of carbonyl (C=O) groups excluding carboxylic acids is 1. The maximum Gasteiger partial charge on any atom is 0.265 e. The van der Waals surface area contributed by atoms with E-state index >= 15 is 0 Å². The highest BCUT2D eigenvalue weighted by Crippen LogP contribution is 2.27. The number of piperidine rings is 1. The summed E-state index contributed by atoms with van der Waals surface area (Å²) in [5, 5.41) is 11.4. The summed E-state index contributed by atoms with van der Waals surface area (Å²) in [5.74, 6) is -0.422. The van der Waals surface area contributed by atoms with Gasteiger partial charge < -0.3 is 10.2 Å². The second-order valence-corrected chi connectivity index (χ2v) is 5.93. The van der Waals surface area contributed by atoms with Gasteiger partial charge in [0, 0.05) is 25.3 Å². The number of likely N-dealkylation sites (tertiary alicyclic amines) is 1. The van der Waals surface area contributed by atoms with Crippen molar-refractivity contribution in [3.05, 3.63) is 23.9 Å². The van der Waals surface area contributed by atoms with Crippen LogP contribution in [0.2, 0.25) is 0 Å². The zero-order chi connectivity index (χ0) is 16.3. The Kier molecular flexibility index (Phi) is 4.41. The Labute approximate surface area is 133 Å². The molecule has 2 aliphatic rings. The van der Waals surface area contributed by atoms with E-state index in [4.69, 9.17) is 5.26 Å². The van der Waals surface area contributed by atoms with Gasteiger partial charge in [-0.3, -0.25) is 15.6 Å². The van der Waals surface area contributed by atoms with Crippen LogP contribution in [0.25, 0.3) is 0 Å². The van der Waals surface area contributed by atoms with Crippen LogP contribution in [0.1, 0.15) is 30.9 Å². The number of anilines is 1. The zero-order valence-corrected chi connectivity index (χ0v) is 12.7. The van der Waals surface area contributed by atoms with Crippen molar-refractivity contribution < 1.29 is 9.18 Å². The predicted octanol–water partition coefficient (Wildman–Crippen LogP) is 0.844. The number of nitrogens with zero attached hydrogens (tertiary/aromatic N) is 3. The Morgan fingerprint density at radius 1 is 1.57 bits per heavy atom. The normalized spacial score (nSPS) is 27.5. The van der Waals surface area contributed by atoms with E-state index in [-0.39, 0.29) is 19.0 Å². The van der Waals surface area contributed by atoms with Crippen molar-refractivity contribution in [3.63, 3.8) is 0 Å². The molecule has 0 radical (unpaired) electrons. The standard InChI is InChI=1S/C15H19FN6O/c16-15(5-1-7-22(9-15)10-17)14(23)20-13-3-2-11(8-18-13)12-4-6-19-21-12/h2-3,8,12,19,21H,1,4-7,9H2,(H,18,20,23). The zero-order valence-electron chi connectivity index (χ0n) is 12.7. The Hall–Kier alpha value is -2.24. The first-order chi connectivity index (χ1) is 11.1. The van der Waals surface area contributed by atoms with Crippen LogP contribution in [0.3, 0.4) is 0 Å². The summed E-state index contributed by atoms with van der Waals surface area (Å²) in [7, 11) is 0. The van der Waals surface area contributed by atoms with Gasteiger partial charge in [-0.15, -0.1) is 0 Å². The van der Waals surface area contributed by atoms with E-state index in [0.717, 1.165) is 18.5 Å².